The summed E-state index contributed by atoms with van der Waals surface area (Å²) < 4.78 is 2.04. The summed E-state index contributed by atoms with van der Waals surface area (Å²) >= 11 is 0. The molecular weight excluding hydrogens is 420 g/mol. The maximum atomic E-state index is 12.8. The van der Waals surface area contributed by atoms with Gasteiger partial charge in [0.2, 0.25) is 0 Å². The Kier molecular flexibility index (Phi) is 6.39. The van der Waals surface area contributed by atoms with Gasteiger partial charge in [-0.15, -0.1) is 0 Å². The Morgan fingerprint density at radius 3 is 2.24 bits per heavy atom. The number of aryl methyl sites for hydroxylation is 1. The normalized spacial score (nSPS) is 17.7. The third-order valence-electron chi connectivity index (χ3n) is 6.74. The van der Waals surface area contributed by atoms with E-state index in [0.717, 1.165) is 29.2 Å². The van der Waals surface area contributed by atoms with Crippen LogP contribution in [-0.2, 0) is 5.41 Å². The van der Waals surface area contributed by atoms with Crippen LogP contribution in [0.3, 0.4) is 0 Å². The molecule has 0 saturated carbocycles. The fourth-order valence-electron chi connectivity index (χ4n) is 4.73. The van der Waals surface area contributed by atoms with Crippen LogP contribution in [0.15, 0.2) is 60.7 Å². The third kappa shape index (κ3) is 4.79. The van der Waals surface area contributed by atoms with Gasteiger partial charge in [-0.2, -0.15) is 5.10 Å². The van der Waals surface area contributed by atoms with Crippen molar-refractivity contribution in [2.75, 3.05) is 19.0 Å². The first-order valence-corrected chi connectivity index (χ1v) is 12.0. The molecule has 1 aliphatic carbocycles. The molecule has 1 N–H and O–H groups in total. The molecule has 0 unspecified atom stereocenters. The van der Waals surface area contributed by atoms with Gasteiger partial charge in [-0.3, -0.25) is 4.79 Å². The Labute approximate surface area is 203 Å². The van der Waals surface area contributed by atoms with Crippen molar-refractivity contribution in [3.8, 4) is 5.69 Å². The van der Waals surface area contributed by atoms with E-state index in [0.29, 0.717) is 5.56 Å². The second-order valence-corrected chi connectivity index (χ2v) is 10.5. The molecule has 1 amide bonds. The van der Waals surface area contributed by atoms with Crippen LogP contribution in [0.4, 0.5) is 5.69 Å². The van der Waals surface area contributed by atoms with Crippen LogP contribution >= 0.6 is 0 Å². The number of amides is 1. The van der Waals surface area contributed by atoms with Crippen molar-refractivity contribution in [3.05, 3.63) is 88.8 Å². The number of anilines is 1. The van der Waals surface area contributed by atoms with E-state index in [9.17, 15) is 4.79 Å². The summed E-state index contributed by atoms with van der Waals surface area (Å²) in [5.41, 5.74) is 7.72. The highest BCUT2D eigenvalue weighted by molar-refractivity contribution is 5.94. The molecule has 1 aromatic heterocycles. The van der Waals surface area contributed by atoms with E-state index < -0.39 is 0 Å². The highest BCUT2D eigenvalue weighted by Crippen LogP contribution is 2.34. The number of hydrogen-bond acceptors (Lipinski definition) is 3. The lowest BCUT2D eigenvalue weighted by Gasteiger charge is -2.19. The number of rotatable bonds is 5. The highest BCUT2D eigenvalue weighted by Gasteiger charge is 2.27. The molecule has 0 aliphatic heterocycles. The van der Waals surface area contributed by atoms with Gasteiger partial charge in [0, 0.05) is 48.6 Å². The van der Waals surface area contributed by atoms with Crippen molar-refractivity contribution in [1.82, 2.24) is 15.1 Å². The summed E-state index contributed by atoms with van der Waals surface area (Å²) in [5, 5.41) is 8.04. The highest BCUT2D eigenvalue weighted by atomic mass is 16.1. The fraction of sp³-hybridized carbons (Fsp3) is 0.379. The van der Waals surface area contributed by atoms with E-state index >= 15 is 0 Å². The van der Waals surface area contributed by atoms with Crippen LogP contribution in [0, 0.1) is 13.8 Å². The van der Waals surface area contributed by atoms with E-state index in [-0.39, 0.29) is 23.3 Å². The number of aromatic nitrogens is 2. The van der Waals surface area contributed by atoms with Gasteiger partial charge in [-0.1, -0.05) is 45.1 Å². The average Bonchev–Trinajstić information content (AvgIpc) is 3.36. The van der Waals surface area contributed by atoms with E-state index in [1.54, 1.807) is 0 Å². The molecule has 0 fully saturated rings. The van der Waals surface area contributed by atoms with Gasteiger partial charge in [-0.05, 0) is 67.6 Å². The standard InChI is InChI=1S/C29H36N4O/c1-19-27(20(2)33(31-19)26-16-11-23(12-17-26)29(3,4)5)22-8-13-24(18-22)30-28(34)21-9-14-25(15-10-21)32(6)7/h8-17,22,24H,18H2,1-7H3,(H,30,34)/t22-,24-/m1/s1. The average molecular weight is 457 g/mol. The predicted octanol–water partition coefficient (Wildman–Crippen LogP) is 5.69. The van der Waals surface area contributed by atoms with Crippen LogP contribution in [-0.4, -0.2) is 35.8 Å². The molecule has 0 radical (unpaired) electrons. The summed E-state index contributed by atoms with van der Waals surface area (Å²) in [4.78, 5) is 14.8. The molecule has 1 aliphatic rings. The lowest BCUT2D eigenvalue weighted by atomic mass is 9.87. The molecule has 2 aromatic carbocycles. The number of nitrogens with zero attached hydrogens (tertiary/aromatic N) is 3. The molecule has 0 bridgehead atoms. The molecule has 0 saturated heterocycles. The minimum absolute atomic E-state index is 0.0132. The van der Waals surface area contributed by atoms with Gasteiger partial charge in [0.05, 0.1) is 11.4 Å². The number of benzene rings is 2. The zero-order chi connectivity index (χ0) is 24.6. The van der Waals surface area contributed by atoms with Crippen LogP contribution in [0.1, 0.15) is 66.0 Å². The molecule has 178 valence electrons. The monoisotopic (exact) mass is 456 g/mol. The van der Waals surface area contributed by atoms with E-state index in [2.05, 4.69) is 76.4 Å². The first-order chi connectivity index (χ1) is 16.0. The second-order valence-electron chi connectivity index (χ2n) is 10.5. The number of carbonyl (C=O) groups excluding carboxylic acids is 1. The maximum Gasteiger partial charge on any atom is 0.251 e. The van der Waals surface area contributed by atoms with Crippen molar-refractivity contribution < 1.29 is 4.79 Å². The summed E-state index contributed by atoms with van der Waals surface area (Å²) in [6.45, 7) is 10.9. The number of carbonyl (C=O) groups is 1. The van der Waals surface area contributed by atoms with Crippen molar-refractivity contribution >= 4 is 11.6 Å². The number of nitrogens with one attached hydrogen (secondary N) is 1. The minimum Gasteiger partial charge on any atom is -0.378 e. The van der Waals surface area contributed by atoms with Gasteiger partial charge in [0.25, 0.3) is 5.91 Å². The van der Waals surface area contributed by atoms with Crippen LogP contribution in [0.5, 0.6) is 0 Å². The van der Waals surface area contributed by atoms with Crippen molar-refractivity contribution in [1.29, 1.82) is 0 Å². The Morgan fingerprint density at radius 2 is 1.65 bits per heavy atom. The molecule has 2 atom stereocenters. The zero-order valence-electron chi connectivity index (χ0n) is 21.4. The molecule has 5 nitrogen and oxygen atoms in total. The van der Waals surface area contributed by atoms with Crippen LogP contribution in [0.2, 0.25) is 0 Å². The lowest BCUT2D eigenvalue weighted by molar-refractivity contribution is 0.0944. The molecule has 4 rings (SSSR count). The smallest absolute Gasteiger partial charge is 0.251 e. The predicted molar refractivity (Wildman–Crippen MR) is 140 cm³/mol. The van der Waals surface area contributed by atoms with Crippen LogP contribution < -0.4 is 10.2 Å². The number of hydrogen-bond donors (Lipinski definition) is 1. The largest absolute Gasteiger partial charge is 0.378 e. The van der Waals surface area contributed by atoms with E-state index in [4.69, 9.17) is 5.10 Å². The topological polar surface area (TPSA) is 50.2 Å². The third-order valence-corrected chi connectivity index (χ3v) is 6.74. The molecule has 34 heavy (non-hydrogen) atoms. The fourth-order valence-corrected chi connectivity index (χ4v) is 4.73. The lowest BCUT2D eigenvalue weighted by Crippen LogP contribution is -2.32. The van der Waals surface area contributed by atoms with Gasteiger partial charge >= 0.3 is 0 Å². The van der Waals surface area contributed by atoms with Gasteiger partial charge < -0.3 is 10.2 Å². The Hall–Kier alpha value is -3.34. The molecule has 0 spiro atoms. The Morgan fingerprint density at radius 1 is 1.00 bits per heavy atom. The second kappa shape index (κ2) is 9.13. The first kappa shape index (κ1) is 23.8. The van der Waals surface area contributed by atoms with Gasteiger partial charge in [0.15, 0.2) is 0 Å². The molecule has 3 aromatic rings. The maximum absolute atomic E-state index is 12.8. The Bertz CT molecular complexity index is 1190. The van der Waals surface area contributed by atoms with Crippen molar-refractivity contribution in [2.24, 2.45) is 0 Å². The molecule has 5 heteroatoms. The Balaban J connectivity index is 1.46. The molecule has 1 heterocycles. The quantitative estimate of drug-likeness (QED) is 0.502. The summed E-state index contributed by atoms with van der Waals surface area (Å²) in [6, 6.07) is 16.4. The molecular formula is C29H36N4O. The van der Waals surface area contributed by atoms with E-state index in [1.165, 1.54) is 11.1 Å². The van der Waals surface area contributed by atoms with Gasteiger partial charge in [0.1, 0.15) is 0 Å². The first-order valence-electron chi connectivity index (χ1n) is 12.0. The zero-order valence-corrected chi connectivity index (χ0v) is 21.4. The summed E-state index contributed by atoms with van der Waals surface area (Å²) in [6.07, 6.45) is 5.17. The number of allylic oxidation sites excluding steroid dienone is 1. The van der Waals surface area contributed by atoms with Crippen molar-refractivity contribution in [2.45, 2.75) is 58.4 Å². The summed E-state index contributed by atoms with van der Waals surface area (Å²) in [5.74, 6) is 0.202. The SMILES string of the molecule is Cc1nn(-c2ccc(C(C)(C)C)cc2)c(C)c1[C@@H]1C=C[C@@H](NC(=O)c2ccc(N(C)C)cc2)C1. The summed E-state index contributed by atoms with van der Waals surface area (Å²) in [7, 11) is 3.98. The minimum atomic E-state index is -0.0383. The van der Waals surface area contributed by atoms with Gasteiger partial charge in [-0.25, -0.2) is 4.68 Å². The van der Waals surface area contributed by atoms with Crippen molar-refractivity contribution in [3.63, 3.8) is 0 Å². The van der Waals surface area contributed by atoms with Crippen LogP contribution in [0.25, 0.3) is 5.69 Å². The van der Waals surface area contributed by atoms with E-state index in [1.807, 2.05) is 47.9 Å².